The number of rotatable bonds is 7. The molecule has 1 heterocycles. The van der Waals surface area contributed by atoms with Crippen LogP contribution >= 0.6 is 0 Å². The minimum atomic E-state index is -0.120. The molecule has 16 heavy (non-hydrogen) atoms. The van der Waals surface area contributed by atoms with Crippen LogP contribution in [0.4, 0.5) is 0 Å². The summed E-state index contributed by atoms with van der Waals surface area (Å²) in [6.45, 7) is 6.37. The van der Waals surface area contributed by atoms with Crippen molar-refractivity contribution in [1.82, 2.24) is 10.2 Å². The molecule has 92 valence electrons. The highest BCUT2D eigenvalue weighted by molar-refractivity contribution is 4.93. The molecule has 0 saturated heterocycles. The molecule has 4 heteroatoms. The quantitative estimate of drug-likeness (QED) is 0.774. The zero-order chi connectivity index (χ0) is 12.0. The minimum Gasteiger partial charge on any atom is -0.423 e. The van der Waals surface area contributed by atoms with Gasteiger partial charge >= 0.3 is 0 Å². The summed E-state index contributed by atoms with van der Waals surface area (Å²) in [6.07, 6.45) is 5.40. The van der Waals surface area contributed by atoms with E-state index >= 15 is 0 Å². The molecule has 2 N–H and O–H groups in total. The van der Waals surface area contributed by atoms with E-state index in [1.165, 1.54) is 12.8 Å². The van der Waals surface area contributed by atoms with Crippen molar-refractivity contribution in [2.75, 3.05) is 0 Å². The maximum atomic E-state index is 5.85. The lowest BCUT2D eigenvalue weighted by Gasteiger charge is -2.09. The second-order valence-electron chi connectivity index (χ2n) is 4.24. The lowest BCUT2D eigenvalue weighted by atomic mass is 10.00. The molecular weight excluding hydrogens is 202 g/mol. The number of hydrogen-bond acceptors (Lipinski definition) is 4. The second-order valence-corrected chi connectivity index (χ2v) is 4.24. The fourth-order valence-corrected chi connectivity index (χ4v) is 1.69. The molecule has 0 amide bonds. The largest absolute Gasteiger partial charge is 0.423 e. The van der Waals surface area contributed by atoms with Crippen LogP contribution in [0.5, 0.6) is 0 Å². The van der Waals surface area contributed by atoms with Crippen molar-refractivity contribution in [3.63, 3.8) is 0 Å². The van der Waals surface area contributed by atoms with Crippen LogP contribution < -0.4 is 5.73 Å². The number of nitrogens with zero attached hydrogens (tertiary/aromatic N) is 2. The van der Waals surface area contributed by atoms with Crippen molar-refractivity contribution in [1.29, 1.82) is 0 Å². The van der Waals surface area contributed by atoms with Gasteiger partial charge in [0.1, 0.15) is 0 Å². The van der Waals surface area contributed by atoms with Crippen molar-refractivity contribution in [2.24, 2.45) is 5.73 Å². The Hall–Kier alpha value is -0.900. The van der Waals surface area contributed by atoms with Crippen molar-refractivity contribution in [2.45, 2.75) is 64.8 Å². The predicted molar refractivity (Wildman–Crippen MR) is 64.1 cm³/mol. The Morgan fingerprint density at radius 1 is 1.12 bits per heavy atom. The third kappa shape index (κ3) is 3.30. The Bertz CT molecular complexity index is 298. The first-order valence-corrected chi connectivity index (χ1v) is 6.31. The van der Waals surface area contributed by atoms with Gasteiger partial charge in [-0.1, -0.05) is 33.6 Å². The maximum absolute atomic E-state index is 5.85. The van der Waals surface area contributed by atoms with E-state index in [0.29, 0.717) is 11.8 Å². The Balaban J connectivity index is 2.66. The Labute approximate surface area is 97.6 Å². The van der Waals surface area contributed by atoms with Gasteiger partial charge in [0.05, 0.1) is 6.04 Å². The first-order valence-electron chi connectivity index (χ1n) is 6.31. The smallest absolute Gasteiger partial charge is 0.233 e. The lowest BCUT2D eigenvalue weighted by molar-refractivity contribution is 0.373. The van der Waals surface area contributed by atoms with Gasteiger partial charge in [0.15, 0.2) is 0 Å². The van der Waals surface area contributed by atoms with Crippen LogP contribution in [0, 0.1) is 0 Å². The molecule has 0 aliphatic carbocycles. The third-order valence-corrected chi connectivity index (χ3v) is 2.96. The van der Waals surface area contributed by atoms with Gasteiger partial charge in [0.2, 0.25) is 11.8 Å². The summed E-state index contributed by atoms with van der Waals surface area (Å²) in [4.78, 5) is 0. The Morgan fingerprint density at radius 2 is 1.81 bits per heavy atom. The second kappa shape index (κ2) is 6.63. The summed E-state index contributed by atoms with van der Waals surface area (Å²) in [5.74, 6) is 1.73. The van der Waals surface area contributed by atoms with Crippen LogP contribution in [0.15, 0.2) is 4.42 Å². The van der Waals surface area contributed by atoms with E-state index in [0.717, 1.165) is 25.2 Å². The van der Waals surface area contributed by atoms with Gasteiger partial charge in [0.25, 0.3) is 0 Å². The normalized spacial score (nSPS) is 15.0. The van der Waals surface area contributed by atoms with Crippen LogP contribution in [0.1, 0.15) is 76.6 Å². The molecule has 0 aromatic carbocycles. The number of unbranched alkanes of at least 4 members (excludes halogenated alkanes) is 1. The molecule has 2 atom stereocenters. The molecule has 0 bridgehead atoms. The average Bonchev–Trinajstić information content (AvgIpc) is 2.78. The monoisotopic (exact) mass is 225 g/mol. The van der Waals surface area contributed by atoms with E-state index in [1.807, 2.05) is 6.92 Å². The van der Waals surface area contributed by atoms with Crippen LogP contribution in [0.2, 0.25) is 0 Å². The van der Waals surface area contributed by atoms with Crippen LogP contribution in [0.3, 0.4) is 0 Å². The molecule has 4 nitrogen and oxygen atoms in total. The summed E-state index contributed by atoms with van der Waals surface area (Å²) < 4.78 is 5.64. The number of nitrogens with two attached hydrogens (primary N) is 1. The van der Waals surface area contributed by atoms with E-state index in [1.54, 1.807) is 0 Å². The van der Waals surface area contributed by atoms with E-state index < -0.39 is 0 Å². The Kier molecular flexibility index (Phi) is 5.46. The molecule has 2 unspecified atom stereocenters. The zero-order valence-corrected chi connectivity index (χ0v) is 10.6. The van der Waals surface area contributed by atoms with Crippen molar-refractivity contribution in [3.05, 3.63) is 11.8 Å². The summed E-state index contributed by atoms with van der Waals surface area (Å²) in [6, 6.07) is -0.120. The summed E-state index contributed by atoms with van der Waals surface area (Å²) >= 11 is 0. The minimum absolute atomic E-state index is 0.120. The molecule has 0 fully saturated rings. The fourth-order valence-electron chi connectivity index (χ4n) is 1.69. The maximum Gasteiger partial charge on any atom is 0.233 e. The molecule has 0 saturated carbocycles. The molecule has 0 spiro atoms. The molecule has 0 aliphatic heterocycles. The lowest BCUT2D eigenvalue weighted by Crippen LogP contribution is -2.08. The van der Waals surface area contributed by atoms with E-state index in [2.05, 4.69) is 24.0 Å². The Morgan fingerprint density at radius 3 is 2.38 bits per heavy atom. The third-order valence-electron chi connectivity index (χ3n) is 2.96. The first kappa shape index (κ1) is 13.2. The van der Waals surface area contributed by atoms with Crippen molar-refractivity contribution < 1.29 is 4.42 Å². The highest BCUT2D eigenvalue weighted by Crippen LogP contribution is 2.25. The van der Waals surface area contributed by atoms with Gasteiger partial charge in [-0.2, -0.15) is 0 Å². The van der Waals surface area contributed by atoms with Crippen LogP contribution in [0.25, 0.3) is 0 Å². The fraction of sp³-hybridized carbons (Fsp3) is 0.833. The standard InChI is InChI=1S/C12H23N3O/c1-4-7-8-9(5-2)11-14-15-12(16-11)10(13)6-3/h9-10H,4-8,13H2,1-3H3. The van der Waals surface area contributed by atoms with E-state index in [4.69, 9.17) is 10.2 Å². The zero-order valence-electron chi connectivity index (χ0n) is 10.6. The van der Waals surface area contributed by atoms with E-state index in [9.17, 15) is 0 Å². The highest BCUT2D eigenvalue weighted by Gasteiger charge is 2.18. The van der Waals surface area contributed by atoms with Gasteiger partial charge in [-0.25, -0.2) is 0 Å². The molecule has 0 aliphatic rings. The van der Waals surface area contributed by atoms with Gasteiger partial charge in [-0.3, -0.25) is 0 Å². The van der Waals surface area contributed by atoms with Gasteiger partial charge in [0, 0.05) is 5.92 Å². The van der Waals surface area contributed by atoms with Gasteiger partial charge < -0.3 is 10.2 Å². The molecule has 0 radical (unpaired) electrons. The van der Waals surface area contributed by atoms with Gasteiger partial charge in [-0.15, -0.1) is 10.2 Å². The van der Waals surface area contributed by atoms with Gasteiger partial charge in [-0.05, 0) is 19.3 Å². The van der Waals surface area contributed by atoms with Crippen LogP contribution in [-0.2, 0) is 0 Å². The molecular formula is C12H23N3O. The summed E-state index contributed by atoms with van der Waals surface area (Å²) in [5.41, 5.74) is 5.85. The summed E-state index contributed by atoms with van der Waals surface area (Å²) in [5, 5.41) is 8.13. The van der Waals surface area contributed by atoms with Crippen molar-refractivity contribution >= 4 is 0 Å². The van der Waals surface area contributed by atoms with Crippen LogP contribution in [-0.4, -0.2) is 10.2 Å². The number of hydrogen-bond donors (Lipinski definition) is 1. The average molecular weight is 225 g/mol. The van der Waals surface area contributed by atoms with E-state index in [-0.39, 0.29) is 6.04 Å². The number of aromatic nitrogens is 2. The molecule has 1 aromatic heterocycles. The summed E-state index contributed by atoms with van der Waals surface area (Å²) in [7, 11) is 0. The molecule has 1 aromatic rings. The highest BCUT2D eigenvalue weighted by atomic mass is 16.4. The first-order chi connectivity index (χ1) is 7.72. The topological polar surface area (TPSA) is 64.9 Å². The molecule has 1 rings (SSSR count). The predicted octanol–water partition coefficient (Wildman–Crippen LogP) is 3.16. The van der Waals surface area contributed by atoms with Crippen molar-refractivity contribution in [3.8, 4) is 0 Å². The SMILES string of the molecule is CCCCC(CC)c1nnc(C(N)CC)o1.